The molecule has 0 aliphatic rings. The molecule has 1 aromatic rings. The van der Waals surface area contributed by atoms with Crippen molar-refractivity contribution in [2.75, 3.05) is 6.54 Å². The molecule has 0 spiro atoms. The van der Waals surface area contributed by atoms with E-state index in [1.807, 2.05) is 0 Å². The summed E-state index contributed by atoms with van der Waals surface area (Å²) in [5.74, 6) is -3.51. The van der Waals surface area contributed by atoms with Gasteiger partial charge in [0.15, 0.2) is 0 Å². The summed E-state index contributed by atoms with van der Waals surface area (Å²) in [5, 5.41) is 0. The molecule has 0 radical (unpaired) electrons. The number of halogens is 4. The Kier molecular flexibility index (Phi) is 3.68. The lowest BCUT2D eigenvalue weighted by atomic mass is 9.96. The van der Waals surface area contributed by atoms with Gasteiger partial charge in [0, 0.05) is 12.1 Å². The lowest BCUT2D eigenvalue weighted by Gasteiger charge is -2.16. The minimum Gasteiger partial charge on any atom is -0.330 e. The maximum atomic E-state index is 13.4. The fraction of sp³-hybridized carbons (Fsp3) is 0.400. The van der Waals surface area contributed by atoms with Crippen LogP contribution in [0.4, 0.5) is 17.6 Å². The van der Waals surface area contributed by atoms with Crippen LogP contribution >= 0.6 is 0 Å². The zero-order valence-electron chi connectivity index (χ0n) is 8.11. The van der Waals surface area contributed by atoms with E-state index < -0.39 is 36.1 Å². The molecule has 0 saturated heterocycles. The standard InChI is InChI=1S/C10H11F4N/c1-5-2-3-7(11)8(9(5)12)6(4-15)10(13)14/h2-3,6,10H,4,15H2,1H3. The van der Waals surface area contributed by atoms with Crippen molar-refractivity contribution in [2.24, 2.45) is 5.73 Å². The van der Waals surface area contributed by atoms with Crippen LogP contribution in [0.15, 0.2) is 12.1 Å². The average molecular weight is 221 g/mol. The van der Waals surface area contributed by atoms with Crippen molar-refractivity contribution in [3.05, 3.63) is 34.9 Å². The molecule has 1 atom stereocenters. The Labute approximate surface area is 84.9 Å². The van der Waals surface area contributed by atoms with E-state index in [0.29, 0.717) is 0 Å². The Morgan fingerprint density at radius 2 is 1.87 bits per heavy atom. The second-order valence-electron chi connectivity index (χ2n) is 3.27. The van der Waals surface area contributed by atoms with Crippen LogP contribution in [-0.2, 0) is 0 Å². The Bertz CT molecular complexity index is 352. The van der Waals surface area contributed by atoms with E-state index in [9.17, 15) is 17.6 Å². The van der Waals surface area contributed by atoms with E-state index in [-0.39, 0.29) is 5.56 Å². The number of benzene rings is 1. The molecule has 1 nitrogen and oxygen atoms in total. The van der Waals surface area contributed by atoms with E-state index in [0.717, 1.165) is 6.07 Å². The SMILES string of the molecule is Cc1ccc(F)c(C(CN)C(F)F)c1F. The smallest absolute Gasteiger partial charge is 0.246 e. The quantitative estimate of drug-likeness (QED) is 0.780. The van der Waals surface area contributed by atoms with Crippen molar-refractivity contribution in [2.45, 2.75) is 19.3 Å². The molecule has 1 rings (SSSR count). The minimum atomic E-state index is -2.87. The molecule has 84 valence electrons. The molecule has 5 heteroatoms. The highest BCUT2D eigenvalue weighted by atomic mass is 19.3. The molecule has 15 heavy (non-hydrogen) atoms. The van der Waals surface area contributed by atoms with Gasteiger partial charge in [-0.25, -0.2) is 17.6 Å². The first kappa shape index (κ1) is 12.0. The van der Waals surface area contributed by atoms with E-state index >= 15 is 0 Å². The third-order valence-corrected chi connectivity index (χ3v) is 2.25. The largest absolute Gasteiger partial charge is 0.330 e. The molecule has 0 aliphatic heterocycles. The van der Waals surface area contributed by atoms with E-state index in [2.05, 4.69) is 0 Å². The molecule has 0 fully saturated rings. The first-order chi connectivity index (χ1) is 6.99. The number of alkyl halides is 2. The normalized spacial score (nSPS) is 13.3. The summed E-state index contributed by atoms with van der Waals surface area (Å²) in [6.45, 7) is 0.895. The molecule has 0 aliphatic carbocycles. The van der Waals surface area contributed by atoms with Gasteiger partial charge < -0.3 is 5.73 Å². The van der Waals surface area contributed by atoms with Crippen molar-refractivity contribution < 1.29 is 17.6 Å². The van der Waals surface area contributed by atoms with Crippen LogP contribution in [-0.4, -0.2) is 13.0 Å². The molecule has 0 bridgehead atoms. The summed E-state index contributed by atoms with van der Waals surface area (Å²) in [7, 11) is 0. The lowest BCUT2D eigenvalue weighted by molar-refractivity contribution is 0.113. The summed E-state index contributed by atoms with van der Waals surface area (Å²) < 4.78 is 51.6. The average Bonchev–Trinajstić information content (AvgIpc) is 2.18. The molecule has 1 unspecified atom stereocenters. The Morgan fingerprint density at radius 3 is 2.33 bits per heavy atom. The van der Waals surface area contributed by atoms with Gasteiger partial charge in [-0.3, -0.25) is 0 Å². The zero-order valence-corrected chi connectivity index (χ0v) is 8.11. The monoisotopic (exact) mass is 221 g/mol. The van der Waals surface area contributed by atoms with Crippen molar-refractivity contribution in [3.8, 4) is 0 Å². The van der Waals surface area contributed by atoms with Gasteiger partial charge in [0.1, 0.15) is 11.6 Å². The van der Waals surface area contributed by atoms with Crippen LogP contribution < -0.4 is 5.73 Å². The van der Waals surface area contributed by atoms with Gasteiger partial charge >= 0.3 is 0 Å². The number of nitrogens with two attached hydrogens (primary N) is 1. The van der Waals surface area contributed by atoms with Crippen molar-refractivity contribution >= 4 is 0 Å². The fourth-order valence-electron chi connectivity index (χ4n) is 1.36. The maximum Gasteiger partial charge on any atom is 0.246 e. The van der Waals surface area contributed by atoms with Gasteiger partial charge in [-0.05, 0) is 18.6 Å². The Morgan fingerprint density at radius 1 is 1.27 bits per heavy atom. The van der Waals surface area contributed by atoms with E-state index in [4.69, 9.17) is 5.73 Å². The van der Waals surface area contributed by atoms with Gasteiger partial charge in [-0.1, -0.05) is 6.07 Å². The summed E-state index contributed by atoms with van der Waals surface area (Å²) >= 11 is 0. The molecule has 1 aromatic carbocycles. The lowest BCUT2D eigenvalue weighted by Crippen LogP contribution is -2.22. The molecule has 0 amide bonds. The van der Waals surface area contributed by atoms with Gasteiger partial charge in [0.05, 0.1) is 5.92 Å². The molecular weight excluding hydrogens is 210 g/mol. The number of hydrogen-bond donors (Lipinski definition) is 1. The van der Waals surface area contributed by atoms with Crippen LogP contribution in [0.25, 0.3) is 0 Å². The van der Waals surface area contributed by atoms with Gasteiger partial charge in [0.25, 0.3) is 0 Å². The highest BCUT2D eigenvalue weighted by Crippen LogP contribution is 2.28. The molecular formula is C10H11F4N. The van der Waals surface area contributed by atoms with Gasteiger partial charge in [-0.15, -0.1) is 0 Å². The molecule has 0 saturated carbocycles. The maximum absolute atomic E-state index is 13.4. The first-order valence-electron chi connectivity index (χ1n) is 4.41. The van der Waals surface area contributed by atoms with Crippen molar-refractivity contribution in [3.63, 3.8) is 0 Å². The summed E-state index contributed by atoms with van der Waals surface area (Å²) in [6.07, 6.45) is -2.87. The zero-order chi connectivity index (χ0) is 11.6. The Balaban J connectivity index is 3.27. The number of rotatable bonds is 3. The fourth-order valence-corrected chi connectivity index (χ4v) is 1.36. The van der Waals surface area contributed by atoms with Crippen molar-refractivity contribution in [1.29, 1.82) is 0 Å². The van der Waals surface area contributed by atoms with Gasteiger partial charge in [0.2, 0.25) is 6.43 Å². The first-order valence-corrected chi connectivity index (χ1v) is 4.41. The van der Waals surface area contributed by atoms with E-state index in [1.165, 1.54) is 13.0 Å². The van der Waals surface area contributed by atoms with Crippen LogP contribution in [0.5, 0.6) is 0 Å². The van der Waals surface area contributed by atoms with Crippen LogP contribution in [0.2, 0.25) is 0 Å². The minimum absolute atomic E-state index is 0.130. The predicted molar refractivity (Wildman–Crippen MR) is 48.9 cm³/mol. The molecule has 2 N–H and O–H groups in total. The third kappa shape index (κ3) is 2.28. The van der Waals surface area contributed by atoms with Crippen LogP contribution in [0.3, 0.4) is 0 Å². The second-order valence-corrected chi connectivity index (χ2v) is 3.27. The van der Waals surface area contributed by atoms with Crippen LogP contribution in [0, 0.1) is 18.6 Å². The van der Waals surface area contributed by atoms with Crippen LogP contribution in [0.1, 0.15) is 17.0 Å². The topological polar surface area (TPSA) is 26.0 Å². The van der Waals surface area contributed by atoms with E-state index in [1.54, 1.807) is 0 Å². The summed E-state index contributed by atoms with van der Waals surface area (Å²) in [4.78, 5) is 0. The second kappa shape index (κ2) is 4.61. The third-order valence-electron chi connectivity index (χ3n) is 2.25. The number of aryl methyl sites for hydroxylation is 1. The predicted octanol–water partition coefficient (Wildman–Crippen LogP) is 2.58. The Hall–Kier alpha value is -1.10. The summed E-state index contributed by atoms with van der Waals surface area (Å²) in [5.41, 5.74) is 4.59. The summed E-state index contributed by atoms with van der Waals surface area (Å²) in [6, 6.07) is 2.17. The highest BCUT2D eigenvalue weighted by molar-refractivity contribution is 5.30. The number of hydrogen-bond acceptors (Lipinski definition) is 1. The molecule has 0 heterocycles. The highest BCUT2D eigenvalue weighted by Gasteiger charge is 2.27. The molecule has 0 aromatic heterocycles. The van der Waals surface area contributed by atoms with Gasteiger partial charge in [-0.2, -0.15) is 0 Å². The van der Waals surface area contributed by atoms with Crippen molar-refractivity contribution in [1.82, 2.24) is 0 Å².